The molecular weight excluding hydrogens is 246 g/mol. The van der Waals surface area contributed by atoms with E-state index in [9.17, 15) is 9.32 Å². The fourth-order valence-electron chi connectivity index (χ4n) is 1.85. The van der Waals surface area contributed by atoms with Crippen molar-refractivity contribution < 1.29 is 9.32 Å². The summed E-state index contributed by atoms with van der Waals surface area (Å²) in [6, 6.07) is 3.99. The van der Waals surface area contributed by atoms with Crippen LogP contribution in [-0.2, 0) is 17.3 Å². The zero-order chi connectivity index (χ0) is 13.7. The first-order chi connectivity index (χ1) is 8.41. The van der Waals surface area contributed by atoms with Crippen molar-refractivity contribution in [2.45, 2.75) is 39.0 Å². The number of aryl methyl sites for hydroxylation is 2. The molecule has 0 spiro atoms. The zero-order valence-corrected chi connectivity index (χ0v) is 12.4. The van der Waals surface area contributed by atoms with Crippen LogP contribution in [0.15, 0.2) is 12.1 Å². The third-order valence-electron chi connectivity index (χ3n) is 3.17. The van der Waals surface area contributed by atoms with Crippen molar-refractivity contribution >= 4 is 10.8 Å². The average molecular weight is 269 g/mol. The molecule has 2 atom stereocenters. The molecule has 0 saturated heterocycles. The van der Waals surface area contributed by atoms with E-state index in [1.54, 1.807) is 6.26 Å². The van der Waals surface area contributed by atoms with Gasteiger partial charge in [0.1, 0.15) is 5.75 Å². The van der Waals surface area contributed by atoms with Gasteiger partial charge in [-0.05, 0) is 43.5 Å². The molecule has 0 radical (unpaired) electrons. The number of benzene rings is 1. The Bertz CT molecular complexity index is 409. The lowest BCUT2D eigenvalue weighted by Crippen LogP contribution is -2.21. The molecule has 1 aromatic carbocycles. The van der Waals surface area contributed by atoms with Crippen molar-refractivity contribution in [3.63, 3.8) is 0 Å². The lowest BCUT2D eigenvalue weighted by Gasteiger charge is -2.11. The Morgan fingerprint density at radius 3 is 2.39 bits per heavy atom. The fourth-order valence-corrected chi connectivity index (χ4v) is 2.30. The van der Waals surface area contributed by atoms with Crippen molar-refractivity contribution in [1.29, 1.82) is 0 Å². The van der Waals surface area contributed by atoms with Gasteiger partial charge in [-0.2, -0.15) is 0 Å². The summed E-state index contributed by atoms with van der Waals surface area (Å²) in [5.74, 6) is 0.383. The van der Waals surface area contributed by atoms with Crippen LogP contribution in [0.1, 0.15) is 30.0 Å². The second-order valence-electron chi connectivity index (χ2n) is 4.85. The van der Waals surface area contributed by atoms with E-state index in [0.717, 1.165) is 30.6 Å². The van der Waals surface area contributed by atoms with E-state index < -0.39 is 10.8 Å². The van der Waals surface area contributed by atoms with Crippen LogP contribution in [-0.4, -0.2) is 27.4 Å². The first-order valence-electron chi connectivity index (χ1n) is 6.24. The molecule has 1 rings (SSSR count). The predicted molar refractivity (Wildman–Crippen MR) is 77.4 cm³/mol. The van der Waals surface area contributed by atoms with E-state index in [4.69, 9.17) is 0 Å². The van der Waals surface area contributed by atoms with Crippen molar-refractivity contribution in [3.8, 4) is 5.75 Å². The number of hydrogen-bond acceptors (Lipinski definition) is 3. The number of aromatic hydroxyl groups is 1. The number of phenolic OH excluding ortho intramolecular Hbond substituents is 1. The third-order valence-corrected chi connectivity index (χ3v) is 4.54. The quantitative estimate of drug-likeness (QED) is 0.779. The summed E-state index contributed by atoms with van der Waals surface area (Å²) in [7, 11) is -0.742. The summed E-state index contributed by atoms with van der Waals surface area (Å²) in [6.07, 6.45) is 2.66. The Kier molecular flexibility index (Phi) is 5.82. The van der Waals surface area contributed by atoms with Crippen molar-refractivity contribution in [2.24, 2.45) is 0 Å². The van der Waals surface area contributed by atoms with E-state index in [1.165, 1.54) is 5.56 Å². The Morgan fingerprint density at radius 1 is 1.33 bits per heavy atom. The number of phenols is 1. The first-order valence-corrected chi connectivity index (χ1v) is 7.86. The average Bonchev–Trinajstić information content (AvgIpc) is 2.31. The smallest absolute Gasteiger partial charge is 0.121 e. The highest BCUT2D eigenvalue weighted by molar-refractivity contribution is 7.84. The van der Waals surface area contributed by atoms with Gasteiger partial charge >= 0.3 is 0 Å². The van der Waals surface area contributed by atoms with Gasteiger partial charge in [0.25, 0.3) is 0 Å². The van der Waals surface area contributed by atoms with Crippen LogP contribution in [0.2, 0.25) is 0 Å². The number of nitrogens with one attached hydrogen (secondary N) is 1. The highest BCUT2D eigenvalue weighted by Crippen LogP contribution is 2.22. The summed E-state index contributed by atoms with van der Waals surface area (Å²) in [4.78, 5) is 0. The molecule has 4 heteroatoms. The maximum Gasteiger partial charge on any atom is 0.121 e. The van der Waals surface area contributed by atoms with Gasteiger partial charge in [0.2, 0.25) is 0 Å². The molecule has 0 saturated carbocycles. The third kappa shape index (κ3) is 4.42. The lowest BCUT2D eigenvalue weighted by atomic mass is 10.1. The number of hydrogen-bond donors (Lipinski definition) is 2. The molecule has 0 amide bonds. The maximum atomic E-state index is 11.2. The molecule has 2 unspecified atom stereocenters. The van der Waals surface area contributed by atoms with Crippen LogP contribution in [0.4, 0.5) is 0 Å². The second-order valence-corrected chi connectivity index (χ2v) is 6.65. The normalized spacial score (nSPS) is 14.4. The van der Waals surface area contributed by atoms with E-state index >= 15 is 0 Å². The lowest BCUT2D eigenvalue weighted by molar-refractivity contribution is 0.466. The molecule has 0 aliphatic heterocycles. The largest absolute Gasteiger partial charge is 0.507 e. The fraction of sp³-hybridized carbons (Fsp3) is 0.571. The Morgan fingerprint density at radius 2 is 1.89 bits per heavy atom. The van der Waals surface area contributed by atoms with E-state index in [0.29, 0.717) is 5.75 Å². The SMILES string of the molecule is Cc1cc(CNCCC(C)S(C)=O)cc(C)c1O. The van der Waals surface area contributed by atoms with Crippen LogP contribution in [0.3, 0.4) is 0 Å². The maximum absolute atomic E-state index is 11.2. The van der Waals surface area contributed by atoms with Crippen LogP contribution in [0, 0.1) is 13.8 Å². The molecule has 0 heterocycles. The summed E-state index contributed by atoms with van der Waals surface area (Å²) in [6.45, 7) is 7.47. The Labute approximate surface area is 112 Å². The minimum atomic E-state index is -0.742. The Hall–Kier alpha value is -0.870. The molecule has 0 aromatic heterocycles. The molecular formula is C14H23NO2S. The standard InChI is InChI=1S/C14H23NO2S/c1-10-7-13(8-11(2)14(10)16)9-15-6-5-12(3)18(4)17/h7-8,12,15-16H,5-6,9H2,1-4H3. The van der Waals surface area contributed by atoms with E-state index in [1.807, 2.05) is 32.9 Å². The first kappa shape index (κ1) is 15.2. The summed E-state index contributed by atoms with van der Waals surface area (Å²) in [5, 5.41) is 13.3. The molecule has 102 valence electrons. The highest BCUT2D eigenvalue weighted by atomic mass is 32.2. The van der Waals surface area contributed by atoms with Crippen LogP contribution >= 0.6 is 0 Å². The Balaban J connectivity index is 2.43. The molecule has 0 fully saturated rings. The minimum Gasteiger partial charge on any atom is -0.507 e. The van der Waals surface area contributed by atoms with Gasteiger partial charge in [0.15, 0.2) is 0 Å². The van der Waals surface area contributed by atoms with Crippen LogP contribution in [0.5, 0.6) is 5.75 Å². The summed E-state index contributed by atoms with van der Waals surface area (Å²) in [5.41, 5.74) is 3.00. The van der Waals surface area contributed by atoms with E-state index in [-0.39, 0.29) is 5.25 Å². The van der Waals surface area contributed by atoms with E-state index in [2.05, 4.69) is 5.32 Å². The molecule has 18 heavy (non-hydrogen) atoms. The van der Waals surface area contributed by atoms with Gasteiger partial charge in [-0.15, -0.1) is 0 Å². The molecule has 1 aromatic rings. The summed E-state index contributed by atoms with van der Waals surface area (Å²) < 4.78 is 11.2. The van der Waals surface area contributed by atoms with Gasteiger partial charge < -0.3 is 10.4 Å². The zero-order valence-electron chi connectivity index (χ0n) is 11.6. The van der Waals surface area contributed by atoms with Crippen molar-refractivity contribution in [3.05, 3.63) is 28.8 Å². The van der Waals surface area contributed by atoms with Gasteiger partial charge in [-0.3, -0.25) is 4.21 Å². The van der Waals surface area contributed by atoms with Gasteiger partial charge in [-0.1, -0.05) is 19.1 Å². The molecule has 0 aliphatic rings. The van der Waals surface area contributed by atoms with Crippen LogP contribution in [0.25, 0.3) is 0 Å². The molecule has 0 bridgehead atoms. The minimum absolute atomic E-state index is 0.237. The summed E-state index contributed by atoms with van der Waals surface area (Å²) >= 11 is 0. The molecule has 0 aliphatic carbocycles. The monoisotopic (exact) mass is 269 g/mol. The topological polar surface area (TPSA) is 49.3 Å². The van der Waals surface area contributed by atoms with Gasteiger partial charge in [0, 0.05) is 28.9 Å². The second kappa shape index (κ2) is 6.90. The predicted octanol–water partition coefficient (Wildman–Crippen LogP) is 2.26. The van der Waals surface area contributed by atoms with Crippen molar-refractivity contribution in [1.82, 2.24) is 5.32 Å². The van der Waals surface area contributed by atoms with Gasteiger partial charge in [-0.25, -0.2) is 0 Å². The molecule has 2 N–H and O–H groups in total. The number of rotatable bonds is 6. The highest BCUT2D eigenvalue weighted by Gasteiger charge is 2.06. The van der Waals surface area contributed by atoms with Crippen molar-refractivity contribution in [2.75, 3.05) is 12.8 Å². The molecule has 3 nitrogen and oxygen atoms in total. The van der Waals surface area contributed by atoms with Crippen LogP contribution < -0.4 is 5.32 Å². The van der Waals surface area contributed by atoms with Gasteiger partial charge in [0.05, 0.1) is 0 Å².